The summed E-state index contributed by atoms with van der Waals surface area (Å²) in [4.78, 5) is 4.17. The summed E-state index contributed by atoms with van der Waals surface area (Å²) in [5, 5.41) is 0. The summed E-state index contributed by atoms with van der Waals surface area (Å²) in [6, 6.07) is 6.84. The first-order chi connectivity index (χ1) is 8.41. The minimum atomic E-state index is -3.77. The van der Waals surface area contributed by atoms with Gasteiger partial charge in [0, 0.05) is 22.3 Å². The van der Waals surface area contributed by atoms with Crippen LogP contribution in [0.5, 0.6) is 0 Å². The minimum Gasteiger partial charge on any atom is -0.328 e. The second-order valence-electron chi connectivity index (χ2n) is 4.21. The van der Waals surface area contributed by atoms with Crippen LogP contribution in [-0.4, -0.2) is 18.0 Å². The van der Waals surface area contributed by atoms with E-state index in [-0.39, 0.29) is 10.9 Å². The predicted molar refractivity (Wildman–Crippen MR) is 71.1 cm³/mol. The van der Waals surface area contributed by atoms with Gasteiger partial charge in [0.25, 0.3) is 9.05 Å². The number of aromatic nitrogens is 2. The van der Waals surface area contributed by atoms with Crippen LogP contribution in [-0.2, 0) is 9.05 Å². The van der Waals surface area contributed by atoms with E-state index in [9.17, 15) is 8.42 Å². The van der Waals surface area contributed by atoms with Gasteiger partial charge >= 0.3 is 0 Å². The lowest BCUT2D eigenvalue weighted by molar-refractivity contribution is 0.601. The molecule has 0 aliphatic heterocycles. The van der Waals surface area contributed by atoms with Gasteiger partial charge in [-0.25, -0.2) is 13.4 Å². The molecule has 1 aromatic heterocycles. The summed E-state index contributed by atoms with van der Waals surface area (Å²) < 4.78 is 25.0. The normalized spacial score (nSPS) is 12.0. The van der Waals surface area contributed by atoms with Crippen LogP contribution >= 0.6 is 10.7 Å². The Morgan fingerprint density at radius 2 is 1.94 bits per heavy atom. The topological polar surface area (TPSA) is 52.0 Å². The Hall–Kier alpha value is -1.33. The lowest BCUT2D eigenvalue weighted by Crippen LogP contribution is -2.03. The van der Waals surface area contributed by atoms with Gasteiger partial charge in [0.15, 0.2) is 0 Å². The number of imidazole rings is 1. The molecule has 2 rings (SSSR count). The molecule has 1 heterocycles. The highest BCUT2D eigenvalue weighted by Gasteiger charge is 2.19. The van der Waals surface area contributed by atoms with Gasteiger partial charge < -0.3 is 4.57 Å². The molecule has 0 aliphatic rings. The number of hydrogen-bond donors (Lipinski definition) is 0. The van der Waals surface area contributed by atoms with Crippen molar-refractivity contribution in [3.63, 3.8) is 0 Å². The highest BCUT2D eigenvalue weighted by atomic mass is 35.7. The van der Waals surface area contributed by atoms with Crippen LogP contribution in [0.2, 0.25) is 0 Å². The Morgan fingerprint density at radius 3 is 2.56 bits per heavy atom. The quantitative estimate of drug-likeness (QED) is 0.814. The maximum absolute atomic E-state index is 11.6. The van der Waals surface area contributed by atoms with Gasteiger partial charge in [-0.2, -0.15) is 0 Å². The fourth-order valence-corrected chi connectivity index (χ4v) is 2.90. The summed E-state index contributed by atoms with van der Waals surface area (Å²) in [7, 11) is 1.68. The van der Waals surface area contributed by atoms with Crippen molar-refractivity contribution in [2.45, 2.75) is 24.8 Å². The third-order valence-electron chi connectivity index (χ3n) is 2.65. The van der Waals surface area contributed by atoms with Crippen LogP contribution in [0.1, 0.15) is 19.9 Å². The van der Waals surface area contributed by atoms with E-state index in [1.54, 1.807) is 30.7 Å². The number of hydrogen-bond acceptors (Lipinski definition) is 3. The molecule has 0 fully saturated rings. The van der Waals surface area contributed by atoms with E-state index in [1.165, 1.54) is 6.07 Å². The molecule has 96 valence electrons. The van der Waals surface area contributed by atoms with Crippen molar-refractivity contribution < 1.29 is 8.42 Å². The summed E-state index contributed by atoms with van der Waals surface area (Å²) in [5.41, 5.74) is 1.31. The second kappa shape index (κ2) is 4.74. The standard InChI is InChI=1S/C12H13ClN2O2S/c1-9(2)15-8-14-7-11(15)10-5-3-4-6-12(10)18(13,16)17/h3-9H,1-2H3. The molecule has 4 nitrogen and oxygen atoms in total. The van der Waals surface area contributed by atoms with Gasteiger partial charge in [0.2, 0.25) is 0 Å². The fourth-order valence-electron chi connectivity index (χ4n) is 1.82. The first-order valence-corrected chi connectivity index (χ1v) is 7.78. The van der Waals surface area contributed by atoms with Gasteiger partial charge in [-0.3, -0.25) is 0 Å². The first-order valence-electron chi connectivity index (χ1n) is 5.47. The van der Waals surface area contributed by atoms with E-state index in [0.29, 0.717) is 5.56 Å². The first kappa shape index (κ1) is 13.1. The molecule has 0 atom stereocenters. The van der Waals surface area contributed by atoms with Crippen LogP contribution in [0.15, 0.2) is 41.7 Å². The fraction of sp³-hybridized carbons (Fsp3) is 0.250. The molecule has 1 aromatic carbocycles. The van der Waals surface area contributed by atoms with Crippen molar-refractivity contribution in [3.05, 3.63) is 36.8 Å². The third-order valence-corrected chi connectivity index (χ3v) is 4.03. The Morgan fingerprint density at radius 1 is 1.28 bits per heavy atom. The average Bonchev–Trinajstić information content (AvgIpc) is 2.76. The monoisotopic (exact) mass is 284 g/mol. The molecule has 18 heavy (non-hydrogen) atoms. The molecule has 2 aromatic rings. The average molecular weight is 285 g/mol. The van der Waals surface area contributed by atoms with Crippen molar-refractivity contribution in [1.82, 2.24) is 9.55 Å². The minimum absolute atomic E-state index is 0.106. The molecule has 0 bridgehead atoms. The third kappa shape index (κ3) is 2.42. The van der Waals surface area contributed by atoms with Crippen molar-refractivity contribution in [1.29, 1.82) is 0 Å². The van der Waals surface area contributed by atoms with Gasteiger partial charge in [-0.15, -0.1) is 0 Å². The van der Waals surface area contributed by atoms with Crippen LogP contribution in [0.4, 0.5) is 0 Å². The van der Waals surface area contributed by atoms with E-state index in [1.807, 2.05) is 18.4 Å². The molecule has 0 amide bonds. The predicted octanol–water partition coefficient (Wildman–Crippen LogP) is 3.06. The van der Waals surface area contributed by atoms with Crippen molar-refractivity contribution in [2.24, 2.45) is 0 Å². The molecule has 0 spiro atoms. The Labute approximate surface area is 111 Å². The highest BCUT2D eigenvalue weighted by molar-refractivity contribution is 8.13. The van der Waals surface area contributed by atoms with Crippen molar-refractivity contribution in [2.75, 3.05) is 0 Å². The zero-order chi connectivity index (χ0) is 13.3. The number of nitrogens with zero attached hydrogens (tertiary/aromatic N) is 2. The number of halogens is 1. The molecular formula is C12H13ClN2O2S. The summed E-state index contributed by atoms with van der Waals surface area (Å²) >= 11 is 0. The Bertz CT molecular complexity index is 662. The maximum atomic E-state index is 11.6. The molecule has 0 radical (unpaired) electrons. The van der Waals surface area contributed by atoms with Gasteiger partial charge in [0.05, 0.1) is 23.1 Å². The van der Waals surface area contributed by atoms with E-state index >= 15 is 0 Å². The zero-order valence-electron chi connectivity index (χ0n) is 10.0. The smallest absolute Gasteiger partial charge is 0.261 e. The van der Waals surface area contributed by atoms with Crippen molar-refractivity contribution in [3.8, 4) is 11.3 Å². The van der Waals surface area contributed by atoms with E-state index in [4.69, 9.17) is 10.7 Å². The Balaban J connectivity index is 2.69. The molecule has 0 saturated heterocycles. The van der Waals surface area contributed by atoms with Crippen LogP contribution < -0.4 is 0 Å². The van der Waals surface area contributed by atoms with E-state index < -0.39 is 9.05 Å². The van der Waals surface area contributed by atoms with E-state index in [2.05, 4.69) is 4.98 Å². The molecule has 0 aliphatic carbocycles. The van der Waals surface area contributed by atoms with Gasteiger partial charge in [-0.1, -0.05) is 18.2 Å². The van der Waals surface area contributed by atoms with Gasteiger partial charge in [-0.05, 0) is 19.9 Å². The van der Waals surface area contributed by atoms with Crippen LogP contribution in [0.3, 0.4) is 0 Å². The number of rotatable bonds is 3. The second-order valence-corrected chi connectivity index (χ2v) is 6.75. The molecule has 0 saturated carbocycles. The highest BCUT2D eigenvalue weighted by Crippen LogP contribution is 2.30. The van der Waals surface area contributed by atoms with Crippen molar-refractivity contribution >= 4 is 19.7 Å². The molecular weight excluding hydrogens is 272 g/mol. The van der Waals surface area contributed by atoms with Crippen LogP contribution in [0, 0.1) is 0 Å². The maximum Gasteiger partial charge on any atom is 0.261 e. The lowest BCUT2D eigenvalue weighted by atomic mass is 10.1. The lowest BCUT2D eigenvalue weighted by Gasteiger charge is -2.13. The van der Waals surface area contributed by atoms with Gasteiger partial charge in [0.1, 0.15) is 0 Å². The Kier molecular flexibility index (Phi) is 3.45. The molecule has 6 heteroatoms. The van der Waals surface area contributed by atoms with E-state index in [0.717, 1.165) is 5.69 Å². The largest absolute Gasteiger partial charge is 0.328 e. The molecule has 0 N–H and O–H groups in total. The summed E-state index contributed by atoms with van der Waals surface area (Å²) in [6.07, 6.45) is 3.32. The molecule has 0 unspecified atom stereocenters. The SMILES string of the molecule is CC(C)n1cncc1-c1ccccc1S(=O)(=O)Cl. The number of benzene rings is 1. The summed E-state index contributed by atoms with van der Waals surface area (Å²) in [5.74, 6) is 0. The zero-order valence-corrected chi connectivity index (χ0v) is 11.6. The van der Waals surface area contributed by atoms with Crippen LogP contribution in [0.25, 0.3) is 11.3 Å². The summed E-state index contributed by atoms with van der Waals surface area (Å²) in [6.45, 7) is 4.01.